The van der Waals surface area contributed by atoms with Gasteiger partial charge in [-0.15, -0.1) is 0 Å². The number of aliphatic imine (C=N–C) groups is 1. The third kappa shape index (κ3) is 12.9. The zero-order chi connectivity index (χ0) is 38.6. The number of benzene rings is 3. The van der Waals surface area contributed by atoms with E-state index in [4.69, 9.17) is 26.7 Å². The van der Waals surface area contributed by atoms with Gasteiger partial charge >= 0.3 is 18.4 Å². The number of carbonyl (C=O) groups excluding carboxylic acids is 2. The Morgan fingerprint density at radius 2 is 1.55 bits per heavy atom. The second-order valence-electron chi connectivity index (χ2n) is 12.0. The molecule has 0 aromatic heterocycles. The molecule has 0 spiro atoms. The first-order chi connectivity index (χ1) is 25.1. The number of halogens is 6. The second kappa shape index (κ2) is 18.4. The number of guanidine groups is 1. The number of unbranched alkanes of at least 4 members (excludes halogenated alkanes) is 1. The molecular weight excluding hydrogens is 712 g/mol. The Labute approximate surface area is 301 Å². The van der Waals surface area contributed by atoms with Gasteiger partial charge in [0.05, 0.1) is 22.5 Å². The number of alkyl halides is 6. The Morgan fingerprint density at radius 3 is 2.21 bits per heavy atom. The molecule has 0 bridgehead atoms. The Morgan fingerprint density at radius 1 is 0.849 bits per heavy atom. The van der Waals surface area contributed by atoms with Crippen LogP contribution in [-0.4, -0.2) is 56.7 Å². The number of ether oxygens (including phenoxy) is 2. The number of nitrogens with zero attached hydrogens (tertiary/aromatic N) is 1. The van der Waals surface area contributed by atoms with E-state index in [1.165, 1.54) is 30.3 Å². The van der Waals surface area contributed by atoms with E-state index in [0.717, 1.165) is 18.2 Å². The quantitative estimate of drug-likeness (QED) is 0.0371. The smallest absolute Gasteiger partial charge is 0.416 e. The van der Waals surface area contributed by atoms with Crippen LogP contribution in [0, 0.1) is 0 Å². The summed E-state index contributed by atoms with van der Waals surface area (Å²) in [5, 5.41) is 13.3. The molecular formula is C34H41F6N9O4. The van der Waals surface area contributed by atoms with Gasteiger partial charge in [-0.05, 0) is 75.2 Å². The molecule has 3 aromatic carbocycles. The summed E-state index contributed by atoms with van der Waals surface area (Å²) in [4.78, 5) is 29.9. The van der Waals surface area contributed by atoms with Crippen LogP contribution in [0.25, 0.3) is 0 Å². The highest BCUT2D eigenvalue weighted by Crippen LogP contribution is 2.42. The summed E-state index contributed by atoms with van der Waals surface area (Å²) >= 11 is 0. The molecule has 3 aromatic rings. The third-order valence-corrected chi connectivity index (χ3v) is 7.62. The van der Waals surface area contributed by atoms with Crippen molar-refractivity contribution in [2.75, 3.05) is 54.0 Å². The average Bonchev–Trinajstić information content (AvgIpc) is 3.58. The summed E-state index contributed by atoms with van der Waals surface area (Å²) in [6, 6.07) is 9.20. The normalized spacial score (nSPS) is 14.3. The number of nitrogens with one attached hydrogen (secondary N) is 5. The van der Waals surface area contributed by atoms with Gasteiger partial charge in [-0.3, -0.25) is 9.79 Å². The summed E-state index contributed by atoms with van der Waals surface area (Å²) in [6.45, 7) is 1.88. The lowest BCUT2D eigenvalue weighted by atomic mass is 10.1. The first-order valence-corrected chi connectivity index (χ1v) is 16.6. The van der Waals surface area contributed by atoms with Crippen LogP contribution in [-0.2, 0) is 17.1 Å². The van der Waals surface area contributed by atoms with E-state index in [1.807, 2.05) is 0 Å². The fourth-order valence-electron chi connectivity index (χ4n) is 5.14. The standard InChI is InChI=1S/C34H41F6N9O4/c35-33(36,37)20-13-23(45-11-4-9-41)18-26(14-20)52-24-6-3-5-22(17-24)47-32(51)49-28-16-21(34(38,39)40)15-27(30(28)53-25-8-12-44-19-25)48-29(50)7-1-2-10-46-31(42)43/h3,5-6,13-18,25,44-45H,1-2,4,7-12,19,41H2,(H,48,50)(H4,42,43,46)(H2,47,49,51)/t25-/m1/s1. The van der Waals surface area contributed by atoms with Crippen LogP contribution in [0.1, 0.15) is 43.2 Å². The van der Waals surface area contributed by atoms with Gasteiger partial charge < -0.3 is 53.3 Å². The highest BCUT2D eigenvalue weighted by Gasteiger charge is 2.34. The van der Waals surface area contributed by atoms with Crippen molar-refractivity contribution >= 4 is 40.6 Å². The minimum atomic E-state index is -4.87. The molecule has 0 saturated carbocycles. The first kappa shape index (κ1) is 40.3. The second-order valence-corrected chi connectivity index (χ2v) is 12.0. The molecule has 13 nitrogen and oxygen atoms in total. The molecule has 1 saturated heterocycles. The van der Waals surface area contributed by atoms with E-state index in [2.05, 4.69) is 31.6 Å². The van der Waals surface area contributed by atoms with Gasteiger partial charge in [-0.25, -0.2) is 4.79 Å². The van der Waals surface area contributed by atoms with E-state index in [0.29, 0.717) is 57.9 Å². The van der Waals surface area contributed by atoms with Crippen LogP contribution in [0.3, 0.4) is 0 Å². The van der Waals surface area contributed by atoms with Crippen molar-refractivity contribution in [2.45, 2.75) is 50.6 Å². The molecule has 4 rings (SSSR count). The summed E-state index contributed by atoms with van der Waals surface area (Å²) in [5.41, 5.74) is 13.5. The van der Waals surface area contributed by atoms with Crippen LogP contribution >= 0.6 is 0 Å². The number of nitrogens with two attached hydrogens (primary N) is 3. The minimum Gasteiger partial charge on any atom is -0.485 e. The van der Waals surface area contributed by atoms with E-state index in [-0.39, 0.29) is 58.9 Å². The summed E-state index contributed by atoms with van der Waals surface area (Å²) in [5.74, 6) is -0.992. The van der Waals surface area contributed by atoms with Gasteiger partial charge in [0, 0.05) is 49.6 Å². The molecule has 1 atom stereocenters. The van der Waals surface area contributed by atoms with Crippen molar-refractivity contribution in [3.63, 3.8) is 0 Å². The van der Waals surface area contributed by atoms with Crippen LogP contribution < -0.4 is 53.3 Å². The SMILES string of the molecule is NCCCNc1cc(Oc2cccc(NC(=O)Nc3cc(C(F)(F)F)cc(NC(=O)CCCCN=C(N)N)c3O[C@@H]3CCNC3)c2)cc(C(F)(F)F)c1. The van der Waals surface area contributed by atoms with Crippen LogP contribution in [0.4, 0.5) is 53.9 Å². The molecule has 1 aliphatic heterocycles. The predicted octanol–water partition coefficient (Wildman–Crippen LogP) is 6.04. The number of hydrogen-bond acceptors (Lipinski definition) is 8. The molecule has 0 radical (unpaired) electrons. The molecule has 288 valence electrons. The maximum Gasteiger partial charge on any atom is 0.416 e. The third-order valence-electron chi connectivity index (χ3n) is 7.62. The molecule has 1 aliphatic rings. The highest BCUT2D eigenvalue weighted by atomic mass is 19.4. The molecule has 0 unspecified atom stereocenters. The van der Waals surface area contributed by atoms with Crippen molar-refractivity contribution < 1.29 is 45.4 Å². The average molecular weight is 754 g/mol. The van der Waals surface area contributed by atoms with Crippen molar-refractivity contribution in [2.24, 2.45) is 22.2 Å². The predicted molar refractivity (Wildman–Crippen MR) is 189 cm³/mol. The first-order valence-electron chi connectivity index (χ1n) is 16.6. The summed E-state index contributed by atoms with van der Waals surface area (Å²) in [6.07, 6.45) is -8.26. The minimum absolute atomic E-state index is 0.0511. The Bertz CT molecular complexity index is 1740. The van der Waals surface area contributed by atoms with Crippen LogP contribution in [0.5, 0.6) is 17.2 Å². The number of urea groups is 1. The Kier molecular flexibility index (Phi) is 14.0. The molecule has 1 heterocycles. The summed E-state index contributed by atoms with van der Waals surface area (Å²) in [7, 11) is 0. The van der Waals surface area contributed by atoms with Crippen LogP contribution in [0.2, 0.25) is 0 Å². The molecule has 11 N–H and O–H groups in total. The maximum atomic E-state index is 14.1. The lowest BCUT2D eigenvalue weighted by Gasteiger charge is -2.22. The number of carbonyl (C=O) groups is 2. The number of amides is 3. The van der Waals surface area contributed by atoms with Crippen LogP contribution in [0.15, 0.2) is 59.6 Å². The molecule has 0 aliphatic carbocycles. The highest BCUT2D eigenvalue weighted by molar-refractivity contribution is 6.03. The van der Waals surface area contributed by atoms with E-state index in [1.54, 1.807) is 0 Å². The van der Waals surface area contributed by atoms with E-state index in [9.17, 15) is 35.9 Å². The largest absolute Gasteiger partial charge is 0.485 e. The molecule has 1 fully saturated rings. The van der Waals surface area contributed by atoms with Gasteiger partial charge in [0.15, 0.2) is 11.7 Å². The Balaban J connectivity index is 1.56. The number of rotatable bonds is 16. The maximum absolute atomic E-state index is 14.1. The van der Waals surface area contributed by atoms with Gasteiger partial charge in [0.1, 0.15) is 17.6 Å². The summed E-state index contributed by atoms with van der Waals surface area (Å²) < 4.78 is 94.8. The van der Waals surface area contributed by atoms with Gasteiger partial charge in [0.2, 0.25) is 5.91 Å². The fourth-order valence-corrected chi connectivity index (χ4v) is 5.14. The van der Waals surface area contributed by atoms with E-state index >= 15 is 0 Å². The lowest BCUT2D eigenvalue weighted by molar-refractivity contribution is -0.138. The van der Waals surface area contributed by atoms with Crippen molar-refractivity contribution in [1.82, 2.24) is 5.32 Å². The molecule has 3 amide bonds. The van der Waals surface area contributed by atoms with Crippen molar-refractivity contribution in [1.29, 1.82) is 0 Å². The Hall–Kier alpha value is -5.43. The molecule has 19 heteroatoms. The fraction of sp³-hybridized carbons (Fsp3) is 0.382. The van der Waals surface area contributed by atoms with Gasteiger partial charge in [-0.2, -0.15) is 26.3 Å². The zero-order valence-corrected chi connectivity index (χ0v) is 28.4. The van der Waals surface area contributed by atoms with Crippen molar-refractivity contribution in [3.05, 3.63) is 65.7 Å². The van der Waals surface area contributed by atoms with E-state index < -0.39 is 41.5 Å². The van der Waals surface area contributed by atoms with Gasteiger partial charge in [-0.1, -0.05) is 6.07 Å². The lowest BCUT2D eigenvalue weighted by Crippen LogP contribution is -2.25. The topological polar surface area (TPSA) is 203 Å². The van der Waals surface area contributed by atoms with Crippen molar-refractivity contribution in [3.8, 4) is 17.2 Å². The number of hydrogen-bond donors (Lipinski definition) is 8. The zero-order valence-electron chi connectivity index (χ0n) is 28.4. The monoisotopic (exact) mass is 753 g/mol. The van der Waals surface area contributed by atoms with Gasteiger partial charge in [0.25, 0.3) is 0 Å². The number of anilines is 4. The molecule has 53 heavy (non-hydrogen) atoms.